The normalized spacial score (nSPS) is 13.4. The molecule has 0 spiro atoms. The predicted octanol–water partition coefficient (Wildman–Crippen LogP) is 14.8. The van der Waals surface area contributed by atoms with Gasteiger partial charge >= 0.3 is 0 Å². The van der Waals surface area contributed by atoms with Gasteiger partial charge in [0.05, 0.1) is 16.4 Å². The Kier molecular flexibility index (Phi) is 9.70. The molecule has 0 fully saturated rings. The Morgan fingerprint density at radius 1 is 0.518 bits per heavy atom. The molecule has 7 aromatic rings. The average molecular weight is 771 g/mol. The number of halogens is 1. The first-order valence-corrected chi connectivity index (χ1v) is 21.1. The zero-order valence-corrected chi connectivity index (χ0v) is 35.9. The molecule has 0 saturated carbocycles. The monoisotopic (exact) mass is 770 g/mol. The zero-order valence-electron chi connectivity index (χ0n) is 34.3. The number of anilines is 6. The van der Waals surface area contributed by atoms with Crippen molar-refractivity contribution in [2.75, 3.05) is 9.80 Å². The van der Waals surface area contributed by atoms with Gasteiger partial charge in [0.15, 0.2) is 0 Å². The van der Waals surface area contributed by atoms with E-state index in [-0.39, 0.29) is 16.2 Å². The molecule has 0 N–H and O–H groups in total. The van der Waals surface area contributed by atoms with Crippen LogP contribution in [0.1, 0.15) is 96.6 Å². The third-order valence-electron chi connectivity index (χ3n) is 11.5. The molecule has 1 aliphatic carbocycles. The van der Waals surface area contributed by atoms with Gasteiger partial charge in [0.1, 0.15) is 7.85 Å². The fourth-order valence-electron chi connectivity index (χ4n) is 8.15. The van der Waals surface area contributed by atoms with Gasteiger partial charge in [-0.25, -0.2) is 0 Å². The molecule has 1 aromatic heterocycles. The lowest BCUT2D eigenvalue weighted by Crippen LogP contribution is -2.19. The van der Waals surface area contributed by atoms with Crippen molar-refractivity contribution in [2.24, 2.45) is 0 Å². The maximum Gasteiger partial charge on any atom is 0.114 e. The minimum Gasteiger partial charge on any atom is -0.309 e. The van der Waals surface area contributed by atoms with E-state index >= 15 is 0 Å². The third kappa shape index (κ3) is 7.16. The molecule has 1 heterocycles. The van der Waals surface area contributed by atoms with Gasteiger partial charge in [-0.2, -0.15) is 0 Å². The summed E-state index contributed by atoms with van der Waals surface area (Å²) in [4.78, 5) is 4.53. The topological polar surface area (TPSA) is 6.48 Å². The van der Waals surface area contributed by atoms with Gasteiger partial charge in [-0.05, 0) is 130 Å². The van der Waals surface area contributed by atoms with Crippen LogP contribution < -0.4 is 15.3 Å². The van der Waals surface area contributed by atoms with Gasteiger partial charge in [-0.3, -0.25) is 0 Å². The van der Waals surface area contributed by atoms with E-state index in [9.17, 15) is 0 Å². The molecular weight excluding hydrogens is 719 g/mol. The molecule has 0 bridgehead atoms. The second-order valence-corrected chi connectivity index (χ2v) is 20.1. The van der Waals surface area contributed by atoms with Gasteiger partial charge in [-0.15, -0.1) is 11.3 Å². The molecule has 56 heavy (non-hydrogen) atoms. The smallest absolute Gasteiger partial charge is 0.114 e. The largest absolute Gasteiger partial charge is 0.309 e. The highest BCUT2D eigenvalue weighted by Crippen LogP contribution is 2.48. The van der Waals surface area contributed by atoms with Crippen molar-refractivity contribution >= 4 is 90.5 Å². The summed E-state index contributed by atoms with van der Waals surface area (Å²) in [6.45, 7) is 20.2. The molecule has 2 nitrogen and oxygen atoms in total. The molecule has 0 saturated heterocycles. The highest BCUT2D eigenvalue weighted by Gasteiger charge is 2.26. The second kappa shape index (κ2) is 14.2. The summed E-state index contributed by atoms with van der Waals surface area (Å²) in [5, 5.41) is 3.22. The second-order valence-electron chi connectivity index (χ2n) is 18.7. The van der Waals surface area contributed by atoms with Crippen molar-refractivity contribution in [1.29, 1.82) is 0 Å². The Hall–Kier alpha value is -4.51. The number of benzene rings is 6. The lowest BCUT2D eigenvalue weighted by atomic mass is 9.86. The summed E-state index contributed by atoms with van der Waals surface area (Å²) in [7, 11) is 6.95. The number of hydrogen-bond donors (Lipinski definition) is 0. The zero-order chi connectivity index (χ0) is 39.7. The fourth-order valence-corrected chi connectivity index (χ4v) is 9.71. The number of rotatable bonds is 6. The Morgan fingerprint density at radius 2 is 0.964 bits per heavy atom. The van der Waals surface area contributed by atoms with Gasteiger partial charge in [-0.1, -0.05) is 128 Å². The van der Waals surface area contributed by atoms with Gasteiger partial charge in [0, 0.05) is 42.9 Å². The summed E-state index contributed by atoms with van der Waals surface area (Å²) in [5.41, 5.74) is 13.3. The molecular formula is C51H52BClN2S. The van der Waals surface area contributed by atoms with Crippen molar-refractivity contribution in [1.82, 2.24) is 0 Å². The minimum absolute atomic E-state index is 0.0195. The van der Waals surface area contributed by atoms with E-state index in [0.717, 1.165) is 40.5 Å². The van der Waals surface area contributed by atoms with Crippen LogP contribution >= 0.6 is 22.9 Å². The molecule has 0 aliphatic heterocycles. The number of fused-ring (bicyclic) bond motifs is 5. The first-order chi connectivity index (χ1) is 26.5. The SMILES string of the molecule is [B]c1cc(N(c2ccc(C(C)(C)C)cc2)c2ccc(C(C)(C)C)cc2)c(Cl)c(N(c2ccc(C(C)(C)C)cc2)c2ccc3sc4c5c(ccc4c3c2)CCC5)c1. The maximum absolute atomic E-state index is 7.80. The van der Waals surface area contributed by atoms with Crippen molar-refractivity contribution in [3.63, 3.8) is 0 Å². The Labute approximate surface area is 344 Å². The molecule has 0 atom stereocenters. The molecule has 2 radical (unpaired) electrons. The lowest BCUT2D eigenvalue weighted by Gasteiger charge is -2.32. The first-order valence-electron chi connectivity index (χ1n) is 20.0. The van der Waals surface area contributed by atoms with E-state index in [1.807, 2.05) is 23.5 Å². The molecule has 0 amide bonds. The summed E-state index contributed by atoms with van der Waals surface area (Å²) in [6, 6.07) is 42.2. The average Bonchev–Trinajstić information content (AvgIpc) is 3.78. The van der Waals surface area contributed by atoms with Crippen molar-refractivity contribution < 1.29 is 0 Å². The van der Waals surface area contributed by atoms with Crippen LogP contribution in [0.25, 0.3) is 20.2 Å². The summed E-state index contributed by atoms with van der Waals surface area (Å²) in [5.74, 6) is 0. The van der Waals surface area contributed by atoms with Crippen LogP contribution in [0.15, 0.2) is 115 Å². The molecule has 5 heteroatoms. The van der Waals surface area contributed by atoms with Crippen LogP contribution in [0.4, 0.5) is 34.1 Å². The quantitative estimate of drug-likeness (QED) is 0.155. The van der Waals surface area contributed by atoms with E-state index in [0.29, 0.717) is 10.5 Å². The van der Waals surface area contributed by atoms with Gasteiger partial charge in [0.2, 0.25) is 0 Å². The lowest BCUT2D eigenvalue weighted by molar-refractivity contribution is 0.590. The van der Waals surface area contributed by atoms with Crippen LogP contribution in [-0.2, 0) is 29.1 Å². The van der Waals surface area contributed by atoms with Crippen LogP contribution in [0.5, 0.6) is 0 Å². The van der Waals surface area contributed by atoms with E-state index < -0.39 is 0 Å². The molecule has 8 rings (SSSR count). The first kappa shape index (κ1) is 38.4. The summed E-state index contributed by atoms with van der Waals surface area (Å²) < 4.78 is 2.73. The summed E-state index contributed by atoms with van der Waals surface area (Å²) >= 11 is 9.73. The minimum atomic E-state index is 0.0195. The number of thiophene rings is 1. The number of hydrogen-bond acceptors (Lipinski definition) is 3. The fraction of sp³-hybridized carbons (Fsp3) is 0.294. The molecule has 0 unspecified atom stereocenters. The number of aryl methyl sites for hydroxylation is 2. The highest BCUT2D eigenvalue weighted by atomic mass is 35.5. The Balaban J connectivity index is 1.34. The molecule has 6 aromatic carbocycles. The van der Waals surface area contributed by atoms with Crippen LogP contribution in [0, 0.1) is 0 Å². The van der Waals surface area contributed by atoms with Crippen LogP contribution in [-0.4, -0.2) is 7.85 Å². The van der Waals surface area contributed by atoms with Crippen LogP contribution in [0.2, 0.25) is 5.02 Å². The number of nitrogens with zero attached hydrogens (tertiary/aromatic N) is 2. The maximum atomic E-state index is 7.80. The molecule has 282 valence electrons. The Morgan fingerprint density at radius 3 is 1.43 bits per heavy atom. The molecule has 1 aliphatic rings. The van der Waals surface area contributed by atoms with Gasteiger partial charge in [0.25, 0.3) is 0 Å². The summed E-state index contributed by atoms with van der Waals surface area (Å²) in [6.07, 6.45) is 3.58. The van der Waals surface area contributed by atoms with E-state index in [4.69, 9.17) is 19.4 Å². The Bertz CT molecular complexity index is 2510. The van der Waals surface area contributed by atoms with Crippen molar-refractivity contribution in [2.45, 2.75) is 97.8 Å². The van der Waals surface area contributed by atoms with E-state index in [1.165, 1.54) is 60.8 Å². The third-order valence-corrected chi connectivity index (χ3v) is 13.1. The van der Waals surface area contributed by atoms with E-state index in [1.54, 1.807) is 0 Å². The van der Waals surface area contributed by atoms with Gasteiger partial charge < -0.3 is 9.80 Å². The standard InChI is InChI=1S/C51H52BClN2S/c1-49(2,3)33-14-20-37(21-15-33)54(38-22-16-34(17-23-38)50(4,5)6)44-29-36(52)30-45(47(44)53)55(39-24-18-35(19-25-39)51(7,8)9)40-26-28-46-43(31-40)42-27-13-32-11-10-12-41(32)48(42)56-46/h13-31H,10-12H2,1-9H3. The van der Waals surface area contributed by atoms with E-state index in [2.05, 4.69) is 175 Å². The van der Waals surface area contributed by atoms with Crippen molar-refractivity contribution in [3.05, 3.63) is 148 Å². The van der Waals surface area contributed by atoms with Crippen LogP contribution in [0.3, 0.4) is 0 Å². The predicted molar refractivity (Wildman–Crippen MR) is 247 cm³/mol. The highest BCUT2D eigenvalue weighted by molar-refractivity contribution is 7.26. The van der Waals surface area contributed by atoms with Crippen molar-refractivity contribution in [3.8, 4) is 0 Å².